The van der Waals surface area contributed by atoms with Crippen molar-refractivity contribution in [3.63, 3.8) is 0 Å². The van der Waals surface area contributed by atoms with Crippen molar-refractivity contribution in [2.75, 3.05) is 14.1 Å². The Morgan fingerprint density at radius 3 is 2.39 bits per heavy atom. The maximum atomic E-state index is 12.2. The lowest BCUT2D eigenvalue weighted by Crippen LogP contribution is -2.30. The van der Waals surface area contributed by atoms with Crippen LogP contribution in [-0.2, 0) is 11.8 Å². The Balaban J connectivity index is 2.68. The summed E-state index contributed by atoms with van der Waals surface area (Å²) in [5.41, 5.74) is 2.29. The lowest BCUT2D eigenvalue weighted by atomic mass is 10.1. The highest BCUT2D eigenvalue weighted by atomic mass is 16.2. The molecule has 0 radical (unpaired) electrons. The smallest absolute Gasteiger partial charge is 0.294 e. The second-order valence-electron chi connectivity index (χ2n) is 4.57. The van der Waals surface area contributed by atoms with Crippen LogP contribution in [0.25, 0.3) is 10.9 Å². The van der Waals surface area contributed by atoms with Crippen molar-refractivity contribution in [1.29, 1.82) is 0 Å². The SMILES string of the molecule is Cc1c(C(=O)C(=O)N(C)C)c2ccccc2n1C. The molecule has 1 aromatic heterocycles. The molecule has 0 fully saturated rings. The van der Waals surface area contributed by atoms with Crippen LogP contribution in [0.5, 0.6) is 0 Å². The van der Waals surface area contributed by atoms with Crippen LogP contribution in [-0.4, -0.2) is 35.3 Å². The molecule has 4 heteroatoms. The molecule has 0 saturated carbocycles. The first-order valence-corrected chi connectivity index (χ1v) is 5.75. The van der Waals surface area contributed by atoms with E-state index in [-0.39, 0.29) is 0 Å². The number of rotatable bonds is 2. The molecule has 0 saturated heterocycles. The van der Waals surface area contributed by atoms with Gasteiger partial charge in [-0.05, 0) is 13.0 Å². The van der Waals surface area contributed by atoms with Gasteiger partial charge < -0.3 is 9.47 Å². The van der Waals surface area contributed by atoms with Gasteiger partial charge in [0.1, 0.15) is 0 Å². The molecular formula is C14H16N2O2. The first kappa shape index (κ1) is 12.4. The number of amides is 1. The first-order valence-electron chi connectivity index (χ1n) is 5.75. The fourth-order valence-corrected chi connectivity index (χ4v) is 2.12. The van der Waals surface area contributed by atoms with Gasteiger partial charge >= 0.3 is 0 Å². The fraction of sp³-hybridized carbons (Fsp3) is 0.286. The summed E-state index contributed by atoms with van der Waals surface area (Å²) in [6.07, 6.45) is 0. The van der Waals surface area contributed by atoms with Crippen LogP contribution in [0.1, 0.15) is 16.1 Å². The highest BCUT2D eigenvalue weighted by Gasteiger charge is 2.24. The summed E-state index contributed by atoms with van der Waals surface area (Å²) in [6, 6.07) is 7.61. The number of carbonyl (C=O) groups is 2. The topological polar surface area (TPSA) is 42.3 Å². The molecule has 0 bridgehead atoms. The zero-order valence-electron chi connectivity index (χ0n) is 11.0. The highest BCUT2D eigenvalue weighted by molar-refractivity contribution is 6.45. The summed E-state index contributed by atoms with van der Waals surface area (Å²) in [5.74, 6) is -0.941. The van der Waals surface area contributed by atoms with Crippen LogP contribution in [0, 0.1) is 6.92 Å². The minimum Gasteiger partial charge on any atom is -0.347 e. The normalized spacial score (nSPS) is 10.7. The molecule has 1 aromatic carbocycles. The number of aryl methyl sites for hydroxylation is 1. The molecule has 0 N–H and O–H groups in total. The molecular weight excluding hydrogens is 228 g/mol. The largest absolute Gasteiger partial charge is 0.347 e. The van der Waals surface area contributed by atoms with E-state index in [1.165, 1.54) is 4.90 Å². The standard InChI is InChI=1S/C14H16N2O2/c1-9-12(13(17)14(18)15(2)3)10-7-5-6-8-11(10)16(9)4/h5-8H,1-4H3. The number of fused-ring (bicyclic) bond motifs is 1. The number of carbonyl (C=O) groups excluding carboxylic acids is 2. The summed E-state index contributed by atoms with van der Waals surface area (Å²) in [6.45, 7) is 1.86. The summed E-state index contributed by atoms with van der Waals surface area (Å²) in [7, 11) is 5.07. The van der Waals surface area contributed by atoms with Crippen LogP contribution in [0.3, 0.4) is 0 Å². The lowest BCUT2D eigenvalue weighted by Gasteiger charge is -2.09. The van der Waals surface area contributed by atoms with E-state index in [1.54, 1.807) is 14.1 Å². The molecule has 2 rings (SSSR count). The first-order chi connectivity index (χ1) is 8.45. The quantitative estimate of drug-likeness (QED) is 0.596. The Bertz CT molecular complexity index is 639. The summed E-state index contributed by atoms with van der Waals surface area (Å²) < 4.78 is 1.94. The van der Waals surface area contributed by atoms with Crippen LogP contribution in [0.2, 0.25) is 0 Å². The molecule has 1 amide bonds. The minimum absolute atomic E-state index is 0.450. The van der Waals surface area contributed by atoms with Crippen molar-refractivity contribution < 1.29 is 9.59 Å². The molecule has 0 aliphatic carbocycles. The summed E-state index contributed by atoms with van der Waals surface area (Å²) in [4.78, 5) is 25.4. The Morgan fingerprint density at radius 2 is 1.78 bits per heavy atom. The number of ketones is 1. The average molecular weight is 244 g/mol. The number of aromatic nitrogens is 1. The van der Waals surface area contributed by atoms with Gasteiger partial charge in [0.15, 0.2) is 0 Å². The van der Waals surface area contributed by atoms with Crippen LogP contribution in [0.4, 0.5) is 0 Å². The number of nitrogens with zero attached hydrogens (tertiary/aromatic N) is 2. The average Bonchev–Trinajstić information content (AvgIpc) is 2.61. The molecule has 94 valence electrons. The molecule has 4 nitrogen and oxygen atoms in total. The fourth-order valence-electron chi connectivity index (χ4n) is 2.12. The zero-order valence-corrected chi connectivity index (χ0v) is 11.0. The van der Waals surface area contributed by atoms with Gasteiger partial charge in [0.25, 0.3) is 11.7 Å². The van der Waals surface area contributed by atoms with E-state index < -0.39 is 11.7 Å². The Hall–Kier alpha value is -2.10. The number of likely N-dealkylation sites (N-methyl/N-ethyl adjacent to an activating group) is 1. The van der Waals surface area contributed by atoms with Crippen LogP contribution in [0.15, 0.2) is 24.3 Å². The summed E-state index contributed by atoms with van der Waals surface area (Å²) >= 11 is 0. The van der Waals surface area contributed by atoms with E-state index in [4.69, 9.17) is 0 Å². The highest BCUT2D eigenvalue weighted by Crippen LogP contribution is 2.25. The minimum atomic E-state index is -0.491. The number of hydrogen-bond donors (Lipinski definition) is 0. The third-order valence-electron chi connectivity index (χ3n) is 3.23. The van der Waals surface area contributed by atoms with Gasteiger partial charge in [-0.25, -0.2) is 0 Å². The predicted octanol–water partition coefficient (Wildman–Crippen LogP) is 1.76. The van der Waals surface area contributed by atoms with Crippen molar-refractivity contribution in [2.24, 2.45) is 7.05 Å². The number of Topliss-reactive ketones (excluding diaryl/α,β-unsaturated/α-hetero) is 1. The van der Waals surface area contributed by atoms with E-state index in [9.17, 15) is 9.59 Å². The van der Waals surface area contributed by atoms with Gasteiger partial charge in [0, 0.05) is 37.7 Å². The van der Waals surface area contributed by atoms with E-state index in [0.29, 0.717) is 5.56 Å². The Kier molecular flexibility index (Phi) is 2.95. The third kappa shape index (κ3) is 1.70. The number of hydrogen-bond acceptors (Lipinski definition) is 2. The van der Waals surface area contributed by atoms with E-state index in [1.807, 2.05) is 42.8 Å². The lowest BCUT2D eigenvalue weighted by molar-refractivity contribution is -0.124. The number of benzene rings is 1. The van der Waals surface area contributed by atoms with Crippen molar-refractivity contribution in [3.8, 4) is 0 Å². The third-order valence-corrected chi connectivity index (χ3v) is 3.23. The van der Waals surface area contributed by atoms with E-state index in [2.05, 4.69) is 0 Å². The van der Waals surface area contributed by atoms with Crippen molar-refractivity contribution >= 4 is 22.6 Å². The van der Waals surface area contributed by atoms with Crippen molar-refractivity contribution in [1.82, 2.24) is 9.47 Å². The number of para-hydroxylation sites is 1. The monoisotopic (exact) mass is 244 g/mol. The maximum Gasteiger partial charge on any atom is 0.294 e. The van der Waals surface area contributed by atoms with Gasteiger partial charge in [-0.15, -0.1) is 0 Å². The predicted molar refractivity (Wildman–Crippen MR) is 70.7 cm³/mol. The Labute approximate surface area is 106 Å². The van der Waals surface area contributed by atoms with E-state index in [0.717, 1.165) is 16.6 Å². The molecule has 1 heterocycles. The van der Waals surface area contributed by atoms with Crippen LogP contribution < -0.4 is 0 Å². The summed E-state index contributed by atoms with van der Waals surface area (Å²) in [5, 5.41) is 0.831. The van der Waals surface area contributed by atoms with Gasteiger partial charge in [0.2, 0.25) is 0 Å². The maximum absolute atomic E-state index is 12.2. The van der Waals surface area contributed by atoms with E-state index >= 15 is 0 Å². The van der Waals surface area contributed by atoms with Crippen molar-refractivity contribution in [2.45, 2.75) is 6.92 Å². The second-order valence-corrected chi connectivity index (χ2v) is 4.57. The molecule has 2 aromatic rings. The van der Waals surface area contributed by atoms with Gasteiger partial charge in [-0.1, -0.05) is 18.2 Å². The molecule has 0 aliphatic heterocycles. The van der Waals surface area contributed by atoms with Gasteiger partial charge in [-0.2, -0.15) is 0 Å². The van der Waals surface area contributed by atoms with Crippen molar-refractivity contribution in [3.05, 3.63) is 35.5 Å². The Morgan fingerprint density at radius 1 is 1.17 bits per heavy atom. The molecule has 0 aliphatic rings. The molecule has 18 heavy (non-hydrogen) atoms. The molecule has 0 atom stereocenters. The van der Waals surface area contributed by atoms with Gasteiger partial charge in [-0.3, -0.25) is 9.59 Å². The molecule has 0 unspecified atom stereocenters. The van der Waals surface area contributed by atoms with Gasteiger partial charge in [0.05, 0.1) is 5.56 Å². The molecule has 0 spiro atoms. The van der Waals surface area contributed by atoms with Crippen LogP contribution >= 0.6 is 0 Å². The zero-order chi connectivity index (χ0) is 13.4. The second kappa shape index (κ2) is 4.29.